The van der Waals surface area contributed by atoms with E-state index in [1.807, 2.05) is 0 Å². The predicted molar refractivity (Wildman–Crippen MR) is 55.4 cm³/mol. The minimum Gasteiger partial charge on any atom is -0.507 e. The van der Waals surface area contributed by atoms with Crippen LogP contribution < -0.4 is 4.74 Å². The van der Waals surface area contributed by atoms with Crippen LogP contribution in [0.2, 0.25) is 0 Å². The maximum atomic E-state index is 9.27. The second-order valence-corrected chi connectivity index (χ2v) is 4.03. The SMILES string of the molecule is Oc1ccc(O[C@H]2CCCO2)cc1Br. The summed E-state index contributed by atoms with van der Waals surface area (Å²) in [4.78, 5) is 0. The number of hydrogen-bond donors (Lipinski definition) is 1. The molecule has 14 heavy (non-hydrogen) atoms. The molecule has 1 fully saturated rings. The van der Waals surface area contributed by atoms with E-state index in [-0.39, 0.29) is 12.0 Å². The summed E-state index contributed by atoms with van der Waals surface area (Å²) in [5.74, 6) is 0.922. The maximum absolute atomic E-state index is 9.27. The number of rotatable bonds is 2. The molecular formula is C10H11BrO3. The van der Waals surface area contributed by atoms with Gasteiger partial charge < -0.3 is 14.6 Å². The highest BCUT2D eigenvalue weighted by molar-refractivity contribution is 9.10. The van der Waals surface area contributed by atoms with Crippen LogP contribution in [0.4, 0.5) is 0 Å². The lowest BCUT2D eigenvalue weighted by molar-refractivity contribution is -0.0391. The molecular weight excluding hydrogens is 248 g/mol. The molecule has 1 aromatic rings. The molecule has 76 valence electrons. The van der Waals surface area contributed by atoms with Crippen LogP contribution in [-0.4, -0.2) is 18.0 Å². The Bertz CT molecular complexity index is 321. The molecule has 1 saturated heterocycles. The lowest BCUT2D eigenvalue weighted by Crippen LogP contribution is -2.13. The summed E-state index contributed by atoms with van der Waals surface area (Å²) in [6, 6.07) is 5.05. The number of phenolic OH excluding ortho intramolecular Hbond substituents is 1. The second-order valence-electron chi connectivity index (χ2n) is 3.17. The first-order valence-electron chi connectivity index (χ1n) is 4.52. The molecule has 0 spiro atoms. The van der Waals surface area contributed by atoms with Crippen LogP contribution in [0.25, 0.3) is 0 Å². The van der Waals surface area contributed by atoms with E-state index in [2.05, 4.69) is 15.9 Å². The fraction of sp³-hybridized carbons (Fsp3) is 0.400. The van der Waals surface area contributed by atoms with E-state index in [1.54, 1.807) is 18.2 Å². The Morgan fingerprint density at radius 1 is 1.50 bits per heavy atom. The van der Waals surface area contributed by atoms with Crippen LogP contribution in [0.3, 0.4) is 0 Å². The molecule has 0 aromatic heterocycles. The molecule has 0 amide bonds. The summed E-state index contributed by atoms with van der Waals surface area (Å²) < 4.78 is 11.5. The van der Waals surface area contributed by atoms with Gasteiger partial charge in [-0.2, -0.15) is 0 Å². The van der Waals surface area contributed by atoms with Crippen molar-refractivity contribution < 1.29 is 14.6 Å². The van der Waals surface area contributed by atoms with Crippen molar-refractivity contribution in [1.29, 1.82) is 0 Å². The highest BCUT2D eigenvalue weighted by Gasteiger charge is 2.17. The molecule has 0 aliphatic carbocycles. The van der Waals surface area contributed by atoms with Crippen molar-refractivity contribution in [3.63, 3.8) is 0 Å². The Balaban J connectivity index is 2.05. The zero-order chi connectivity index (χ0) is 9.97. The number of aromatic hydroxyl groups is 1. The molecule has 0 saturated carbocycles. The fourth-order valence-electron chi connectivity index (χ4n) is 1.35. The number of benzene rings is 1. The molecule has 1 aliphatic heterocycles. The summed E-state index contributed by atoms with van der Waals surface area (Å²) in [5, 5.41) is 9.27. The molecule has 4 heteroatoms. The van der Waals surface area contributed by atoms with Crippen molar-refractivity contribution in [2.75, 3.05) is 6.61 Å². The van der Waals surface area contributed by atoms with Gasteiger partial charge in [-0.3, -0.25) is 0 Å². The first kappa shape index (κ1) is 9.80. The van der Waals surface area contributed by atoms with E-state index in [0.717, 1.165) is 19.4 Å². The number of phenols is 1. The Kier molecular flexibility index (Phi) is 2.93. The van der Waals surface area contributed by atoms with Crippen molar-refractivity contribution in [1.82, 2.24) is 0 Å². The Hall–Kier alpha value is -0.740. The van der Waals surface area contributed by atoms with Crippen LogP contribution in [0, 0.1) is 0 Å². The van der Waals surface area contributed by atoms with Gasteiger partial charge in [0, 0.05) is 6.42 Å². The van der Waals surface area contributed by atoms with E-state index in [1.165, 1.54) is 0 Å². The van der Waals surface area contributed by atoms with E-state index in [0.29, 0.717) is 10.2 Å². The zero-order valence-electron chi connectivity index (χ0n) is 7.57. The van der Waals surface area contributed by atoms with Crippen molar-refractivity contribution in [2.24, 2.45) is 0 Å². The quantitative estimate of drug-likeness (QED) is 0.887. The molecule has 1 heterocycles. The number of ether oxygens (including phenoxy) is 2. The van der Waals surface area contributed by atoms with Gasteiger partial charge in [0.2, 0.25) is 0 Å². The summed E-state index contributed by atoms with van der Waals surface area (Å²) in [6.07, 6.45) is 1.84. The van der Waals surface area contributed by atoms with E-state index in [9.17, 15) is 5.11 Å². The van der Waals surface area contributed by atoms with Crippen LogP contribution in [0.1, 0.15) is 12.8 Å². The van der Waals surface area contributed by atoms with Gasteiger partial charge in [-0.15, -0.1) is 0 Å². The van der Waals surface area contributed by atoms with Gasteiger partial charge in [0.25, 0.3) is 0 Å². The van der Waals surface area contributed by atoms with Crippen molar-refractivity contribution in [3.8, 4) is 11.5 Å². The van der Waals surface area contributed by atoms with Gasteiger partial charge in [0.1, 0.15) is 11.5 Å². The molecule has 0 unspecified atom stereocenters. The largest absolute Gasteiger partial charge is 0.507 e. The lowest BCUT2D eigenvalue weighted by atomic mass is 10.3. The molecule has 1 aliphatic rings. The number of hydrogen-bond acceptors (Lipinski definition) is 3. The van der Waals surface area contributed by atoms with Crippen LogP contribution in [-0.2, 0) is 4.74 Å². The average molecular weight is 259 g/mol. The molecule has 3 nitrogen and oxygen atoms in total. The lowest BCUT2D eigenvalue weighted by Gasteiger charge is -2.12. The van der Waals surface area contributed by atoms with Crippen molar-refractivity contribution in [3.05, 3.63) is 22.7 Å². The second kappa shape index (κ2) is 4.19. The first-order chi connectivity index (χ1) is 6.75. The molecule has 0 bridgehead atoms. The van der Waals surface area contributed by atoms with Gasteiger partial charge in [-0.05, 0) is 40.5 Å². The highest BCUT2D eigenvalue weighted by atomic mass is 79.9. The first-order valence-corrected chi connectivity index (χ1v) is 5.32. The third kappa shape index (κ3) is 2.19. The molecule has 1 aromatic carbocycles. The van der Waals surface area contributed by atoms with Crippen molar-refractivity contribution >= 4 is 15.9 Å². The van der Waals surface area contributed by atoms with Gasteiger partial charge >= 0.3 is 0 Å². The number of halogens is 1. The van der Waals surface area contributed by atoms with E-state index >= 15 is 0 Å². The Morgan fingerprint density at radius 3 is 3.00 bits per heavy atom. The van der Waals surface area contributed by atoms with Crippen LogP contribution in [0.5, 0.6) is 11.5 Å². The molecule has 1 N–H and O–H groups in total. The van der Waals surface area contributed by atoms with Crippen molar-refractivity contribution in [2.45, 2.75) is 19.1 Å². The summed E-state index contributed by atoms with van der Waals surface area (Å²) in [7, 11) is 0. The van der Waals surface area contributed by atoms with Gasteiger partial charge in [0.15, 0.2) is 6.29 Å². The predicted octanol–water partition coefficient (Wildman–Crippen LogP) is 2.67. The molecule has 1 atom stereocenters. The topological polar surface area (TPSA) is 38.7 Å². The maximum Gasteiger partial charge on any atom is 0.199 e. The zero-order valence-corrected chi connectivity index (χ0v) is 9.16. The minimum absolute atomic E-state index is 0.133. The standard InChI is InChI=1S/C10H11BrO3/c11-8-6-7(3-4-9(8)12)14-10-2-1-5-13-10/h3-4,6,10,12H,1-2,5H2/t10-/m0/s1. The van der Waals surface area contributed by atoms with Crippen LogP contribution >= 0.6 is 15.9 Å². The summed E-state index contributed by atoms with van der Waals surface area (Å²) in [6.45, 7) is 0.768. The normalized spacial score (nSPS) is 21.1. The van der Waals surface area contributed by atoms with Gasteiger partial charge in [0.05, 0.1) is 11.1 Å². The average Bonchev–Trinajstić information content (AvgIpc) is 2.64. The van der Waals surface area contributed by atoms with Gasteiger partial charge in [-0.25, -0.2) is 0 Å². The Labute approximate surface area is 90.8 Å². The van der Waals surface area contributed by atoms with Gasteiger partial charge in [-0.1, -0.05) is 0 Å². The third-order valence-corrected chi connectivity index (χ3v) is 2.71. The highest BCUT2D eigenvalue weighted by Crippen LogP contribution is 2.29. The summed E-state index contributed by atoms with van der Waals surface area (Å²) >= 11 is 3.22. The molecule has 2 rings (SSSR count). The Morgan fingerprint density at radius 2 is 2.36 bits per heavy atom. The smallest absolute Gasteiger partial charge is 0.199 e. The fourth-order valence-corrected chi connectivity index (χ4v) is 1.71. The molecule has 0 radical (unpaired) electrons. The van der Waals surface area contributed by atoms with E-state index < -0.39 is 0 Å². The van der Waals surface area contributed by atoms with Crippen LogP contribution in [0.15, 0.2) is 22.7 Å². The third-order valence-electron chi connectivity index (χ3n) is 2.07. The summed E-state index contributed by atoms with van der Waals surface area (Å²) in [5.41, 5.74) is 0. The monoisotopic (exact) mass is 258 g/mol. The minimum atomic E-state index is -0.133. The van der Waals surface area contributed by atoms with E-state index in [4.69, 9.17) is 9.47 Å².